The van der Waals surface area contributed by atoms with Gasteiger partial charge in [0.05, 0.1) is 16.5 Å². The Morgan fingerprint density at radius 3 is 2.75 bits per heavy atom. The first-order chi connectivity index (χ1) is 7.39. The minimum Gasteiger partial charge on any atom is -0.493 e. The van der Waals surface area contributed by atoms with Crippen molar-refractivity contribution in [3.05, 3.63) is 24.3 Å². The first-order valence-corrected chi connectivity index (χ1v) is 6.91. The standard InChI is InChI=1S/C10H13NO3S2/c1-16(12,13)9-4-2-3-8(7-9)14-6-5-10(11)15/h2-4,7H,5-6H2,1H3,(H2,11,15). The van der Waals surface area contributed by atoms with Gasteiger partial charge in [-0.05, 0) is 18.2 Å². The molecular formula is C10H13NO3S2. The summed E-state index contributed by atoms with van der Waals surface area (Å²) in [4.78, 5) is 0.611. The summed E-state index contributed by atoms with van der Waals surface area (Å²) in [6, 6.07) is 6.32. The summed E-state index contributed by atoms with van der Waals surface area (Å²) in [6.45, 7) is 0.350. The van der Waals surface area contributed by atoms with Crippen LogP contribution in [0.4, 0.5) is 0 Å². The molecule has 0 unspecified atom stereocenters. The van der Waals surface area contributed by atoms with Crippen molar-refractivity contribution in [2.24, 2.45) is 5.73 Å². The Labute approximate surface area is 100 Å². The highest BCUT2D eigenvalue weighted by Crippen LogP contribution is 2.17. The lowest BCUT2D eigenvalue weighted by atomic mass is 10.3. The molecule has 0 aromatic heterocycles. The van der Waals surface area contributed by atoms with Gasteiger partial charge in [0.25, 0.3) is 0 Å². The van der Waals surface area contributed by atoms with Gasteiger partial charge in [0.15, 0.2) is 9.84 Å². The molecule has 0 heterocycles. The first-order valence-electron chi connectivity index (χ1n) is 4.61. The first kappa shape index (κ1) is 12.9. The van der Waals surface area contributed by atoms with E-state index in [-0.39, 0.29) is 4.90 Å². The summed E-state index contributed by atoms with van der Waals surface area (Å²) >= 11 is 4.70. The molecule has 0 radical (unpaired) electrons. The van der Waals surface area contributed by atoms with E-state index in [9.17, 15) is 8.42 Å². The average Bonchev–Trinajstić information content (AvgIpc) is 2.16. The molecule has 1 aromatic carbocycles. The van der Waals surface area contributed by atoms with Gasteiger partial charge in [0, 0.05) is 12.7 Å². The third-order valence-corrected chi connectivity index (χ3v) is 3.17. The molecule has 0 aliphatic heterocycles. The fourth-order valence-electron chi connectivity index (χ4n) is 1.06. The van der Waals surface area contributed by atoms with E-state index in [1.165, 1.54) is 12.1 Å². The number of rotatable bonds is 5. The van der Waals surface area contributed by atoms with Gasteiger partial charge in [-0.2, -0.15) is 0 Å². The van der Waals surface area contributed by atoms with Gasteiger partial charge >= 0.3 is 0 Å². The van der Waals surface area contributed by atoms with Crippen molar-refractivity contribution in [2.75, 3.05) is 12.9 Å². The van der Waals surface area contributed by atoms with Crippen molar-refractivity contribution in [3.63, 3.8) is 0 Å². The van der Waals surface area contributed by atoms with Crippen LogP contribution in [0.3, 0.4) is 0 Å². The number of benzene rings is 1. The van der Waals surface area contributed by atoms with E-state index >= 15 is 0 Å². The molecule has 0 spiro atoms. The van der Waals surface area contributed by atoms with E-state index < -0.39 is 9.84 Å². The number of ether oxygens (including phenoxy) is 1. The SMILES string of the molecule is CS(=O)(=O)c1cccc(OCCC(N)=S)c1. The number of hydrogen-bond acceptors (Lipinski definition) is 4. The minimum atomic E-state index is -3.20. The van der Waals surface area contributed by atoms with Crippen molar-refractivity contribution in [2.45, 2.75) is 11.3 Å². The van der Waals surface area contributed by atoms with Gasteiger partial charge in [0.2, 0.25) is 0 Å². The lowest BCUT2D eigenvalue weighted by molar-refractivity contribution is 0.328. The Balaban J connectivity index is 2.72. The van der Waals surface area contributed by atoms with Crippen LogP contribution in [0, 0.1) is 0 Å². The van der Waals surface area contributed by atoms with Crippen LogP contribution in [-0.4, -0.2) is 26.3 Å². The maximum absolute atomic E-state index is 11.3. The molecule has 0 bridgehead atoms. The zero-order valence-electron chi connectivity index (χ0n) is 8.84. The van der Waals surface area contributed by atoms with Gasteiger partial charge < -0.3 is 10.5 Å². The summed E-state index contributed by atoms with van der Waals surface area (Å²) in [5.74, 6) is 0.499. The molecule has 1 aromatic rings. The van der Waals surface area contributed by atoms with Crippen LogP contribution in [-0.2, 0) is 9.84 Å². The van der Waals surface area contributed by atoms with Gasteiger partial charge in [-0.15, -0.1) is 0 Å². The van der Waals surface area contributed by atoms with Gasteiger partial charge in [0.1, 0.15) is 5.75 Å². The maximum atomic E-state index is 11.3. The summed E-state index contributed by atoms with van der Waals surface area (Å²) in [6.07, 6.45) is 1.62. The third-order valence-electron chi connectivity index (χ3n) is 1.85. The van der Waals surface area contributed by atoms with Crippen LogP contribution in [0.5, 0.6) is 5.75 Å². The minimum absolute atomic E-state index is 0.236. The summed E-state index contributed by atoms with van der Waals surface area (Å²) < 4.78 is 27.9. The predicted molar refractivity (Wildman–Crippen MR) is 66.4 cm³/mol. The zero-order chi connectivity index (χ0) is 12.2. The largest absolute Gasteiger partial charge is 0.493 e. The Bertz CT molecular complexity index is 483. The second-order valence-electron chi connectivity index (χ2n) is 3.31. The van der Waals surface area contributed by atoms with Crippen molar-refractivity contribution in [3.8, 4) is 5.75 Å². The highest BCUT2D eigenvalue weighted by atomic mass is 32.2. The molecule has 88 valence electrons. The molecule has 0 fully saturated rings. The second-order valence-corrected chi connectivity index (χ2v) is 5.85. The Hall–Kier alpha value is -1.14. The zero-order valence-corrected chi connectivity index (χ0v) is 10.5. The van der Waals surface area contributed by atoms with Crippen LogP contribution in [0.1, 0.15) is 6.42 Å². The van der Waals surface area contributed by atoms with Gasteiger partial charge in [-0.3, -0.25) is 0 Å². The highest BCUT2D eigenvalue weighted by molar-refractivity contribution is 7.90. The number of sulfone groups is 1. The molecule has 6 heteroatoms. The topological polar surface area (TPSA) is 69.4 Å². The number of thiocarbonyl (C=S) groups is 1. The van der Waals surface area contributed by atoms with E-state index in [1.807, 2.05) is 0 Å². The molecule has 0 aliphatic rings. The van der Waals surface area contributed by atoms with Gasteiger partial charge in [-0.25, -0.2) is 8.42 Å². The molecule has 16 heavy (non-hydrogen) atoms. The van der Waals surface area contributed by atoms with E-state index in [4.69, 9.17) is 22.7 Å². The highest BCUT2D eigenvalue weighted by Gasteiger charge is 2.07. The third kappa shape index (κ3) is 4.16. The quantitative estimate of drug-likeness (QED) is 0.803. The number of nitrogens with two attached hydrogens (primary N) is 1. The lowest BCUT2D eigenvalue weighted by Crippen LogP contribution is -2.12. The average molecular weight is 259 g/mol. The van der Waals surface area contributed by atoms with Crippen molar-refractivity contribution in [1.82, 2.24) is 0 Å². The van der Waals surface area contributed by atoms with Crippen molar-refractivity contribution < 1.29 is 13.2 Å². The smallest absolute Gasteiger partial charge is 0.175 e. The Morgan fingerprint density at radius 2 is 2.19 bits per heavy atom. The van der Waals surface area contributed by atoms with E-state index in [1.54, 1.807) is 12.1 Å². The lowest BCUT2D eigenvalue weighted by Gasteiger charge is -2.06. The van der Waals surface area contributed by atoms with E-state index in [0.29, 0.717) is 23.8 Å². The van der Waals surface area contributed by atoms with Crippen LogP contribution in [0.2, 0.25) is 0 Å². The molecule has 0 saturated carbocycles. The normalized spacial score (nSPS) is 11.1. The maximum Gasteiger partial charge on any atom is 0.175 e. The molecule has 0 aliphatic carbocycles. The predicted octanol–water partition coefficient (Wildman–Crippen LogP) is 1.15. The summed E-state index contributed by atoms with van der Waals surface area (Å²) in [5.41, 5.74) is 5.31. The fourth-order valence-corrected chi connectivity index (χ4v) is 1.80. The van der Waals surface area contributed by atoms with Crippen LogP contribution in [0.15, 0.2) is 29.2 Å². The molecular weight excluding hydrogens is 246 g/mol. The van der Waals surface area contributed by atoms with E-state index in [2.05, 4.69) is 0 Å². The van der Waals surface area contributed by atoms with Gasteiger partial charge in [-0.1, -0.05) is 18.3 Å². The van der Waals surface area contributed by atoms with Crippen LogP contribution in [0.25, 0.3) is 0 Å². The Morgan fingerprint density at radius 1 is 1.50 bits per heavy atom. The Kier molecular flexibility index (Phi) is 4.26. The molecule has 0 saturated heterocycles. The van der Waals surface area contributed by atoms with E-state index in [0.717, 1.165) is 6.26 Å². The molecule has 0 amide bonds. The number of hydrogen-bond donors (Lipinski definition) is 1. The second kappa shape index (κ2) is 5.27. The molecule has 2 N–H and O–H groups in total. The monoisotopic (exact) mass is 259 g/mol. The molecule has 1 rings (SSSR count). The van der Waals surface area contributed by atoms with Crippen LogP contribution >= 0.6 is 12.2 Å². The fraction of sp³-hybridized carbons (Fsp3) is 0.300. The van der Waals surface area contributed by atoms with Crippen LogP contribution < -0.4 is 10.5 Å². The molecule has 0 atom stereocenters. The summed E-state index contributed by atoms with van der Waals surface area (Å²) in [7, 11) is -3.20. The summed E-state index contributed by atoms with van der Waals surface area (Å²) in [5, 5.41) is 0. The van der Waals surface area contributed by atoms with Crippen molar-refractivity contribution in [1.29, 1.82) is 0 Å². The molecule has 4 nitrogen and oxygen atoms in total. The van der Waals surface area contributed by atoms with Crippen molar-refractivity contribution >= 4 is 27.0 Å².